The highest BCUT2D eigenvalue weighted by atomic mass is 16.7. The molecule has 7 saturated carbocycles. The number of rotatable bonds is 11. The molecule has 11 aliphatic rings. The fourth-order valence-corrected chi connectivity index (χ4v) is 15.9. The Hall–Kier alpha value is -3.05. The summed E-state index contributed by atoms with van der Waals surface area (Å²) in [6.45, 7) is 16.1. The van der Waals surface area contributed by atoms with Gasteiger partial charge in [0.05, 0.1) is 37.3 Å². The lowest BCUT2D eigenvalue weighted by Crippen LogP contribution is -2.67. The Bertz CT molecular complexity index is 2090. The van der Waals surface area contributed by atoms with Gasteiger partial charge in [0.2, 0.25) is 0 Å². The molecule has 10 heteroatoms. The van der Waals surface area contributed by atoms with Crippen LogP contribution >= 0.6 is 0 Å². The summed E-state index contributed by atoms with van der Waals surface area (Å²) >= 11 is 0. The second kappa shape index (κ2) is 14.2. The van der Waals surface area contributed by atoms with Crippen molar-refractivity contribution in [2.45, 2.75) is 179 Å². The Labute approximate surface area is 366 Å². The third kappa shape index (κ3) is 5.82. The summed E-state index contributed by atoms with van der Waals surface area (Å²) in [5.74, 6) is 1.48. The molecule has 0 aromatic rings. The van der Waals surface area contributed by atoms with Gasteiger partial charge in [0.25, 0.3) is 0 Å². The van der Waals surface area contributed by atoms with Crippen molar-refractivity contribution in [1.29, 1.82) is 0 Å². The molecule has 62 heavy (non-hydrogen) atoms. The number of ether oxygens (including phenoxy) is 5. The van der Waals surface area contributed by atoms with Crippen molar-refractivity contribution in [1.82, 2.24) is 0 Å². The van der Waals surface area contributed by atoms with E-state index in [1.165, 1.54) is 18.4 Å². The summed E-state index contributed by atoms with van der Waals surface area (Å²) in [7, 11) is 0. The van der Waals surface area contributed by atoms with Crippen molar-refractivity contribution in [3.05, 3.63) is 58.7 Å². The maximum Gasteiger partial charge on any atom is 0.334 e. The molecular weight excluding hydrogens is 785 g/mol. The van der Waals surface area contributed by atoms with Crippen LogP contribution in [0.5, 0.6) is 0 Å². The lowest BCUT2D eigenvalue weighted by Gasteiger charge is -2.54. The number of carbonyl (C=O) groups excluding carboxylic acids is 3. The van der Waals surface area contributed by atoms with Gasteiger partial charge < -0.3 is 33.9 Å². The van der Waals surface area contributed by atoms with E-state index in [1.54, 1.807) is 0 Å². The van der Waals surface area contributed by atoms with Crippen molar-refractivity contribution in [2.24, 2.45) is 57.7 Å². The Kier molecular flexibility index (Phi) is 9.55. The number of cyclic esters (lactones) is 1. The summed E-state index contributed by atoms with van der Waals surface area (Å²) in [4.78, 5) is 39.9. The first kappa shape index (κ1) is 41.6. The monoisotopic (exact) mass is 852 g/mol. The maximum atomic E-state index is 13.9. The van der Waals surface area contributed by atoms with Gasteiger partial charge in [-0.25, -0.2) is 4.79 Å². The van der Waals surface area contributed by atoms with Crippen molar-refractivity contribution in [2.75, 3.05) is 6.61 Å². The zero-order chi connectivity index (χ0) is 43.3. The molecule has 10 nitrogen and oxygen atoms in total. The predicted octanol–water partition coefficient (Wildman–Crippen LogP) is 7.96. The normalized spacial score (nSPS) is 48.0. The highest BCUT2D eigenvalue weighted by Gasteiger charge is 3.00. The molecular formula is C52H68O10. The standard InChI is InChI=1S/C52H68O10/c1-27(2)50-25-39(50)45-52(62-45)49(6)21-19-34-35(26-58-46(34)57)38(49)24-42-51(52,61-42)47(50)60-44(56)18-17-43(55)59-33-22-32(29(4)41(54)23-33)13-10-30-8-7-20-48(5)36(14-15-37(30)48)28(3)9-16-40(53)31-11-12-31/h9-10,13,16,27-28,31,33,36-42,45,47,53-54H,4,7-8,11-12,14-15,17-26H2,1-3,5-6H3/b16-9+,30-10+,32-13-/t28-,33+,36?,37?,38-,39-,40+,41-,42-,45-,47+,48+,49-,50+,51+,52+/m0/s1. The van der Waals surface area contributed by atoms with Gasteiger partial charge >= 0.3 is 17.9 Å². The topological polar surface area (TPSA) is 144 Å². The number of epoxide rings is 2. The Morgan fingerprint density at radius 1 is 0.952 bits per heavy atom. The van der Waals surface area contributed by atoms with Gasteiger partial charge in [-0.3, -0.25) is 9.59 Å². The van der Waals surface area contributed by atoms with E-state index in [0.29, 0.717) is 48.7 Å². The molecule has 2 N–H and O–H groups in total. The second-order valence-electron chi connectivity index (χ2n) is 22.6. The minimum Gasteiger partial charge on any atom is -0.462 e. The summed E-state index contributed by atoms with van der Waals surface area (Å²) < 4.78 is 31.8. The molecule has 336 valence electrons. The van der Waals surface area contributed by atoms with Gasteiger partial charge in [0.1, 0.15) is 24.4 Å². The Morgan fingerprint density at radius 2 is 1.73 bits per heavy atom. The zero-order valence-corrected chi connectivity index (χ0v) is 37.5. The number of allylic oxidation sites excluding steroid dienone is 4. The molecule has 0 amide bonds. The predicted molar refractivity (Wildman–Crippen MR) is 229 cm³/mol. The molecule has 9 fully saturated rings. The van der Waals surface area contributed by atoms with E-state index in [4.69, 9.17) is 23.7 Å². The average molecular weight is 853 g/mol. The Balaban J connectivity index is 0.735. The van der Waals surface area contributed by atoms with Crippen LogP contribution in [0, 0.1) is 57.7 Å². The third-order valence-corrected chi connectivity index (χ3v) is 19.5. The first-order chi connectivity index (χ1) is 29.6. The molecule has 0 radical (unpaired) electrons. The summed E-state index contributed by atoms with van der Waals surface area (Å²) in [6, 6.07) is 0. The lowest BCUT2D eigenvalue weighted by molar-refractivity contribution is -0.174. The molecule has 2 unspecified atom stereocenters. The van der Waals surface area contributed by atoms with Crippen LogP contribution in [0.3, 0.4) is 0 Å². The molecule has 11 rings (SSSR count). The molecule has 8 aliphatic carbocycles. The second-order valence-corrected chi connectivity index (χ2v) is 22.6. The van der Waals surface area contributed by atoms with Crippen molar-refractivity contribution in [3.8, 4) is 0 Å². The number of esters is 3. The van der Waals surface area contributed by atoms with E-state index in [1.807, 2.05) is 0 Å². The first-order valence-corrected chi connectivity index (χ1v) is 24.4. The average Bonchev–Trinajstić information content (AvgIpc) is 4.08. The number of aliphatic hydroxyl groups is 2. The van der Waals surface area contributed by atoms with Crippen molar-refractivity contribution in [3.63, 3.8) is 0 Å². The van der Waals surface area contributed by atoms with Gasteiger partial charge in [0.15, 0.2) is 5.60 Å². The summed E-state index contributed by atoms with van der Waals surface area (Å²) in [6.07, 6.45) is 18.2. The van der Waals surface area contributed by atoms with Gasteiger partial charge in [-0.15, -0.1) is 0 Å². The van der Waals surface area contributed by atoms with Crippen molar-refractivity contribution >= 4 is 17.9 Å². The third-order valence-electron chi connectivity index (χ3n) is 19.5. The molecule has 2 saturated heterocycles. The molecule has 3 heterocycles. The summed E-state index contributed by atoms with van der Waals surface area (Å²) in [5, 5.41) is 21.6. The van der Waals surface area contributed by atoms with Crippen LogP contribution in [0.1, 0.15) is 131 Å². The van der Waals surface area contributed by atoms with Gasteiger partial charge in [-0.1, -0.05) is 71.1 Å². The number of fused-ring (bicyclic) bond motifs is 5. The van der Waals surface area contributed by atoms with E-state index in [-0.39, 0.29) is 77.5 Å². The van der Waals surface area contributed by atoms with Crippen LogP contribution in [0.4, 0.5) is 0 Å². The van der Waals surface area contributed by atoms with Crippen molar-refractivity contribution < 1.29 is 48.3 Å². The SMILES string of the molecule is C=C1/C(=C\C=C2/CCC[C@@]3(C)C2CCC3[C@@H](C)/C=C/[C@@H](O)C2CC2)C[C@@H](OC(=O)CCC(=O)O[C@@H]2[C@@]3(C(C)C)C[C@H]3[C@@H]3O[C@]34[C@]23O[C@H]3C[C@H]2C3=C(CC[C@@]24C)C(=O)OC3)C[C@@H]1O. The van der Waals surface area contributed by atoms with Crippen LogP contribution < -0.4 is 0 Å². The zero-order valence-electron chi connectivity index (χ0n) is 37.5. The minimum absolute atomic E-state index is 0.0388. The largest absolute Gasteiger partial charge is 0.462 e. The van der Waals surface area contributed by atoms with Crippen LogP contribution in [0.15, 0.2) is 58.7 Å². The Morgan fingerprint density at radius 3 is 2.48 bits per heavy atom. The first-order valence-electron chi connectivity index (χ1n) is 24.4. The number of hydrogen-bond donors (Lipinski definition) is 2. The minimum atomic E-state index is -0.815. The smallest absolute Gasteiger partial charge is 0.334 e. The van der Waals surface area contributed by atoms with Crippen LogP contribution in [0.2, 0.25) is 0 Å². The highest BCUT2D eigenvalue weighted by Crippen LogP contribution is 2.87. The van der Waals surface area contributed by atoms with E-state index < -0.39 is 41.5 Å². The quantitative estimate of drug-likeness (QED) is 0.0910. The lowest BCUT2D eigenvalue weighted by atomic mass is 9.46. The van der Waals surface area contributed by atoms with Crippen LogP contribution in [-0.4, -0.2) is 82.6 Å². The van der Waals surface area contributed by atoms with E-state index in [9.17, 15) is 24.6 Å². The maximum absolute atomic E-state index is 13.9. The van der Waals surface area contributed by atoms with E-state index in [0.717, 1.165) is 68.1 Å². The highest BCUT2D eigenvalue weighted by molar-refractivity contribution is 5.92. The fourth-order valence-electron chi connectivity index (χ4n) is 15.9. The molecule has 0 bridgehead atoms. The van der Waals surface area contributed by atoms with Gasteiger partial charge in [0, 0.05) is 29.2 Å². The number of carbonyl (C=O) groups is 3. The molecule has 0 aromatic carbocycles. The van der Waals surface area contributed by atoms with E-state index in [2.05, 4.69) is 65.5 Å². The molecule has 2 spiro atoms. The summed E-state index contributed by atoms with van der Waals surface area (Å²) in [5.41, 5.74) is 3.37. The number of aliphatic hydroxyl groups excluding tert-OH is 2. The van der Waals surface area contributed by atoms with Crippen LogP contribution in [0.25, 0.3) is 0 Å². The van der Waals surface area contributed by atoms with Gasteiger partial charge in [-0.05, 0) is 134 Å². The van der Waals surface area contributed by atoms with E-state index >= 15 is 0 Å². The molecule has 3 aliphatic heterocycles. The fraction of sp³-hybridized carbons (Fsp3) is 0.750. The molecule has 0 aromatic heterocycles. The molecule has 16 atom stereocenters. The van der Waals surface area contributed by atoms with Gasteiger partial charge in [-0.2, -0.15) is 0 Å². The number of hydrogen-bond acceptors (Lipinski definition) is 10. The van der Waals surface area contributed by atoms with Crippen LogP contribution in [-0.2, 0) is 38.1 Å².